The van der Waals surface area contributed by atoms with Crippen molar-refractivity contribution in [2.45, 2.75) is 52.7 Å². The molecular weight excluding hydrogens is 314 g/mol. The molecule has 1 fully saturated rings. The Morgan fingerprint density at radius 2 is 2.20 bits per heavy atom. The van der Waals surface area contributed by atoms with Crippen molar-refractivity contribution in [3.63, 3.8) is 0 Å². The molecule has 2 aromatic rings. The quantitative estimate of drug-likeness (QED) is 0.810. The van der Waals surface area contributed by atoms with Crippen LogP contribution in [-0.2, 0) is 24.3 Å². The Bertz CT molecular complexity index is 725. The smallest absolute Gasteiger partial charge is 0.220 e. The molecule has 0 spiro atoms. The fourth-order valence-electron chi connectivity index (χ4n) is 3.47. The lowest BCUT2D eigenvalue weighted by atomic mass is 10.1. The zero-order valence-electron chi connectivity index (χ0n) is 15.4. The second-order valence-corrected chi connectivity index (χ2v) is 6.82. The lowest BCUT2D eigenvalue weighted by Crippen LogP contribution is -2.40. The lowest BCUT2D eigenvalue weighted by Gasteiger charge is -2.27. The fraction of sp³-hybridized carbons (Fsp3) is 0.500. The number of aromatic nitrogens is 1. The zero-order chi connectivity index (χ0) is 17.8. The molecule has 1 saturated heterocycles. The number of hydrogen-bond acceptors (Lipinski definition) is 4. The molecule has 5 nitrogen and oxygen atoms in total. The van der Waals surface area contributed by atoms with Gasteiger partial charge >= 0.3 is 0 Å². The Labute approximate surface area is 149 Å². The molecule has 0 N–H and O–H groups in total. The van der Waals surface area contributed by atoms with Crippen LogP contribution in [-0.4, -0.2) is 39.8 Å². The minimum atomic E-state index is 0.0824. The van der Waals surface area contributed by atoms with Crippen LogP contribution in [0.25, 0.3) is 0 Å². The lowest BCUT2D eigenvalue weighted by molar-refractivity contribution is -0.132. The highest BCUT2D eigenvalue weighted by Gasteiger charge is 2.30. The number of oxazole rings is 1. The largest absolute Gasteiger partial charge is 0.444 e. The van der Waals surface area contributed by atoms with E-state index in [2.05, 4.69) is 41.1 Å². The molecule has 0 aliphatic carbocycles. The molecule has 1 aliphatic rings. The van der Waals surface area contributed by atoms with E-state index in [4.69, 9.17) is 4.42 Å². The Morgan fingerprint density at radius 1 is 1.40 bits per heavy atom. The predicted molar refractivity (Wildman–Crippen MR) is 97.0 cm³/mol. The molecule has 1 atom stereocenters. The van der Waals surface area contributed by atoms with Crippen molar-refractivity contribution in [2.75, 3.05) is 13.1 Å². The van der Waals surface area contributed by atoms with Gasteiger partial charge in [-0.15, -0.1) is 0 Å². The highest BCUT2D eigenvalue weighted by molar-refractivity contribution is 5.73. The van der Waals surface area contributed by atoms with E-state index in [-0.39, 0.29) is 11.9 Å². The summed E-state index contributed by atoms with van der Waals surface area (Å²) in [5, 5.41) is 0. The first-order valence-electron chi connectivity index (χ1n) is 9.04. The Balaban J connectivity index is 1.63. The maximum absolute atomic E-state index is 12.2. The first kappa shape index (κ1) is 17.7. The van der Waals surface area contributed by atoms with Gasteiger partial charge in [-0.1, -0.05) is 31.2 Å². The Morgan fingerprint density at radius 3 is 2.88 bits per heavy atom. The van der Waals surface area contributed by atoms with E-state index in [1.54, 1.807) is 13.1 Å². The van der Waals surface area contributed by atoms with E-state index in [1.807, 2.05) is 11.8 Å². The number of nitrogens with zero attached hydrogens (tertiary/aromatic N) is 3. The zero-order valence-corrected chi connectivity index (χ0v) is 15.4. The molecule has 1 aliphatic heterocycles. The molecule has 3 rings (SSSR count). The van der Waals surface area contributed by atoms with E-state index in [0.717, 1.165) is 38.2 Å². The normalized spacial score (nSPS) is 17.8. The van der Waals surface area contributed by atoms with E-state index in [0.29, 0.717) is 12.4 Å². The van der Waals surface area contributed by atoms with Crippen molar-refractivity contribution >= 4 is 5.91 Å². The summed E-state index contributed by atoms with van der Waals surface area (Å²) < 4.78 is 5.69. The summed E-state index contributed by atoms with van der Waals surface area (Å²) in [6, 6.07) is 8.72. The van der Waals surface area contributed by atoms with Gasteiger partial charge in [0.1, 0.15) is 5.76 Å². The minimum Gasteiger partial charge on any atom is -0.444 e. The third kappa shape index (κ3) is 4.28. The summed E-state index contributed by atoms with van der Waals surface area (Å²) in [5.74, 6) is 1.58. The number of rotatable bonds is 6. The number of hydrogen-bond donors (Lipinski definition) is 0. The molecular formula is C20H27N3O2. The van der Waals surface area contributed by atoms with Crippen LogP contribution in [0.2, 0.25) is 0 Å². The molecule has 134 valence electrons. The van der Waals surface area contributed by atoms with Crippen LogP contribution in [0.15, 0.2) is 34.9 Å². The van der Waals surface area contributed by atoms with E-state index >= 15 is 0 Å². The van der Waals surface area contributed by atoms with E-state index in [1.165, 1.54) is 11.1 Å². The summed E-state index contributed by atoms with van der Waals surface area (Å²) in [4.78, 5) is 20.8. The third-order valence-corrected chi connectivity index (χ3v) is 5.00. The van der Waals surface area contributed by atoms with Crippen molar-refractivity contribution in [3.8, 4) is 0 Å². The molecule has 1 aromatic heterocycles. The average Bonchev–Trinajstić information content (AvgIpc) is 3.23. The van der Waals surface area contributed by atoms with Gasteiger partial charge in [0.05, 0.1) is 12.7 Å². The summed E-state index contributed by atoms with van der Waals surface area (Å²) in [5.41, 5.74) is 2.68. The maximum atomic E-state index is 12.2. The van der Waals surface area contributed by atoms with Crippen LogP contribution >= 0.6 is 0 Å². The molecule has 0 radical (unpaired) electrons. The number of carbonyl (C=O) groups excluding carboxylic acids is 1. The second kappa shape index (κ2) is 7.83. The van der Waals surface area contributed by atoms with Gasteiger partial charge in [0.15, 0.2) is 0 Å². The topological polar surface area (TPSA) is 49.6 Å². The molecule has 25 heavy (non-hydrogen) atoms. The van der Waals surface area contributed by atoms with Gasteiger partial charge in [-0.25, -0.2) is 4.98 Å². The fourth-order valence-corrected chi connectivity index (χ4v) is 3.47. The van der Waals surface area contributed by atoms with Crippen LogP contribution in [0.5, 0.6) is 0 Å². The van der Waals surface area contributed by atoms with Gasteiger partial charge < -0.3 is 9.32 Å². The Kier molecular flexibility index (Phi) is 5.53. The first-order chi connectivity index (χ1) is 12.1. The number of amides is 1. The van der Waals surface area contributed by atoms with Crippen LogP contribution in [0.4, 0.5) is 0 Å². The Hall–Kier alpha value is -2.14. The monoisotopic (exact) mass is 341 g/mol. The molecule has 1 amide bonds. The number of carbonyl (C=O) groups is 1. The SMILES string of the molecule is CCc1cnc(CN(C(C)=O)[C@@H]2CCN(Cc3ccccc3C)C2)o1. The maximum Gasteiger partial charge on any atom is 0.220 e. The van der Waals surface area contributed by atoms with Crippen molar-refractivity contribution in [1.82, 2.24) is 14.8 Å². The molecule has 2 heterocycles. The van der Waals surface area contributed by atoms with Gasteiger partial charge in [0, 0.05) is 39.0 Å². The highest BCUT2D eigenvalue weighted by Crippen LogP contribution is 2.21. The van der Waals surface area contributed by atoms with Crippen molar-refractivity contribution in [2.24, 2.45) is 0 Å². The third-order valence-electron chi connectivity index (χ3n) is 5.00. The van der Waals surface area contributed by atoms with Gasteiger partial charge in [-0.2, -0.15) is 0 Å². The molecule has 1 aromatic carbocycles. The van der Waals surface area contributed by atoms with Crippen molar-refractivity contribution in [1.29, 1.82) is 0 Å². The van der Waals surface area contributed by atoms with Gasteiger partial charge in [-0.3, -0.25) is 9.69 Å². The predicted octanol–water partition coefficient (Wildman–Crippen LogP) is 3.17. The van der Waals surface area contributed by atoms with Crippen LogP contribution in [0.1, 0.15) is 43.0 Å². The molecule has 0 unspecified atom stereocenters. The molecule has 5 heteroatoms. The minimum absolute atomic E-state index is 0.0824. The number of benzene rings is 1. The van der Waals surface area contributed by atoms with Crippen LogP contribution in [0, 0.1) is 6.92 Å². The highest BCUT2D eigenvalue weighted by atomic mass is 16.4. The summed E-state index contributed by atoms with van der Waals surface area (Å²) in [7, 11) is 0. The molecule has 0 saturated carbocycles. The summed E-state index contributed by atoms with van der Waals surface area (Å²) in [6.45, 7) is 9.12. The number of aryl methyl sites for hydroxylation is 2. The van der Waals surface area contributed by atoms with Crippen LogP contribution in [0.3, 0.4) is 0 Å². The standard InChI is InChI=1S/C20H27N3O2/c1-4-19-11-21-20(25-19)14-23(16(3)24)18-9-10-22(13-18)12-17-8-6-5-7-15(17)2/h5-8,11,18H,4,9-10,12-14H2,1-3H3/t18-/m1/s1. The van der Waals surface area contributed by atoms with E-state index < -0.39 is 0 Å². The first-order valence-corrected chi connectivity index (χ1v) is 9.04. The van der Waals surface area contributed by atoms with Crippen molar-refractivity contribution in [3.05, 3.63) is 53.2 Å². The second-order valence-electron chi connectivity index (χ2n) is 6.82. The molecule has 0 bridgehead atoms. The van der Waals surface area contributed by atoms with Gasteiger partial charge in [0.25, 0.3) is 0 Å². The van der Waals surface area contributed by atoms with E-state index in [9.17, 15) is 4.79 Å². The van der Waals surface area contributed by atoms with Gasteiger partial charge in [-0.05, 0) is 24.5 Å². The van der Waals surface area contributed by atoms with Crippen molar-refractivity contribution < 1.29 is 9.21 Å². The number of likely N-dealkylation sites (tertiary alicyclic amines) is 1. The van der Waals surface area contributed by atoms with Gasteiger partial charge in [0.2, 0.25) is 11.8 Å². The summed E-state index contributed by atoms with van der Waals surface area (Å²) >= 11 is 0. The summed E-state index contributed by atoms with van der Waals surface area (Å²) in [6.07, 6.45) is 3.57. The van der Waals surface area contributed by atoms with Crippen LogP contribution < -0.4 is 0 Å². The average molecular weight is 341 g/mol.